The largest absolute Gasteiger partial charge is 0.203 e. The monoisotopic (exact) mass is 238 g/mol. The Hall–Kier alpha value is -1.13. The number of halogens is 5. The third kappa shape index (κ3) is 2.33. The molecular formula is C11H11F5. The van der Waals surface area contributed by atoms with Crippen LogP contribution in [0.25, 0.3) is 0 Å². The van der Waals surface area contributed by atoms with Crippen LogP contribution >= 0.6 is 0 Å². The molecule has 0 aliphatic rings. The van der Waals surface area contributed by atoms with E-state index in [9.17, 15) is 22.0 Å². The summed E-state index contributed by atoms with van der Waals surface area (Å²) in [5.74, 6) is -9.19. The molecule has 0 unspecified atom stereocenters. The third-order valence-corrected chi connectivity index (χ3v) is 2.27. The average Bonchev–Trinajstić information content (AvgIpc) is 2.23. The normalized spacial score (nSPS) is 11.2. The van der Waals surface area contributed by atoms with E-state index in [1.165, 1.54) is 0 Å². The lowest BCUT2D eigenvalue weighted by molar-refractivity contribution is 0.367. The number of rotatable bonds is 3. The lowest BCUT2D eigenvalue weighted by Gasteiger charge is -2.09. The summed E-state index contributed by atoms with van der Waals surface area (Å²) in [4.78, 5) is 0. The highest BCUT2D eigenvalue weighted by molar-refractivity contribution is 5.24. The Morgan fingerprint density at radius 1 is 0.750 bits per heavy atom. The molecule has 0 spiro atoms. The second-order valence-electron chi connectivity index (χ2n) is 3.98. The van der Waals surface area contributed by atoms with Crippen molar-refractivity contribution < 1.29 is 22.0 Å². The van der Waals surface area contributed by atoms with Gasteiger partial charge >= 0.3 is 0 Å². The summed E-state index contributed by atoms with van der Waals surface area (Å²) in [7, 11) is 0. The van der Waals surface area contributed by atoms with Gasteiger partial charge in [-0.1, -0.05) is 13.8 Å². The van der Waals surface area contributed by atoms with Gasteiger partial charge in [-0.25, -0.2) is 22.0 Å². The molecule has 0 aromatic heterocycles. The molecule has 0 atom stereocenters. The maximum Gasteiger partial charge on any atom is 0.200 e. The van der Waals surface area contributed by atoms with E-state index in [-0.39, 0.29) is 12.3 Å². The highest BCUT2D eigenvalue weighted by Crippen LogP contribution is 2.24. The van der Waals surface area contributed by atoms with Crippen LogP contribution in [0, 0.1) is 35.0 Å². The molecular weight excluding hydrogens is 227 g/mol. The summed E-state index contributed by atoms with van der Waals surface area (Å²) < 4.78 is 64.5. The van der Waals surface area contributed by atoms with E-state index in [1.54, 1.807) is 13.8 Å². The first-order chi connectivity index (χ1) is 7.36. The van der Waals surface area contributed by atoms with Gasteiger partial charge < -0.3 is 0 Å². The summed E-state index contributed by atoms with van der Waals surface area (Å²) in [5.41, 5.74) is -0.731. The average molecular weight is 238 g/mol. The first-order valence-corrected chi connectivity index (χ1v) is 4.86. The van der Waals surface area contributed by atoms with Gasteiger partial charge in [0.1, 0.15) is 0 Å². The SMILES string of the molecule is CC(C)CCc1c(F)c(F)c(F)c(F)c1F. The molecule has 1 aromatic rings. The molecule has 1 aromatic carbocycles. The predicted molar refractivity (Wildman–Crippen MR) is 49.4 cm³/mol. The minimum atomic E-state index is -2.11. The fraction of sp³-hybridized carbons (Fsp3) is 0.455. The van der Waals surface area contributed by atoms with Crippen LogP contribution in [0.1, 0.15) is 25.8 Å². The molecule has 0 saturated heterocycles. The fourth-order valence-electron chi connectivity index (χ4n) is 1.30. The molecule has 0 nitrogen and oxygen atoms in total. The topological polar surface area (TPSA) is 0 Å². The Bertz CT molecular complexity index is 369. The molecule has 0 aliphatic carbocycles. The highest BCUT2D eigenvalue weighted by atomic mass is 19.2. The molecule has 0 amide bonds. The van der Waals surface area contributed by atoms with Crippen molar-refractivity contribution >= 4 is 0 Å². The van der Waals surface area contributed by atoms with Crippen LogP contribution < -0.4 is 0 Å². The summed E-state index contributed by atoms with van der Waals surface area (Å²) in [6, 6.07) is 0. The standard InChI is InChI=1S/C11H11F5/c1-5(2)3-4-6-7(12)9(14)11(16)10(15)8(6)13/h5H,3-4H2,1-2H3. The summed E-state index contributed by atoms with van der Waals surface area (Å²) in [5, 5.41) is 0. The maximum absolute atomic E-state index is 13.1. The first kappa shape index (κ1) is 12.9. The van der Waals surface area contributed by atoms with Crippen molar-refractivity contribution in [2.75, 3.05) is 0 Å². The van der Waals surface area contributed by atoms with E-state index in [0.717, 1.165) is 0 Å². The molecule has 1 rings (SSSR count). The lowest BCUT2D eigenvalue weighted by atomic mass is 10.0. The molecule has 0 aliphatic heterocycles. The van der Waals surface area contributed by atoms with E-state index in [2.05, 4.69) is 0 Å². The van der Waals surface area contributed by atoms with Crippen molar-refractivity contribution in [1.29, 1.82) is 0 Å². The third-order valence-electron chi connectivity index (χ3n) is 2.27. The Morgan fingerprint density at radius 3 is 1.50 bits per heavy atom. The summed E-state index contributed by atoms with van der Waals surface area (Å²) >= 11 is 0. The zero-order chi connectivity index (χ0) is 12.5. The zero-order valence-electron chi connectivity index (χ0n) is 8.88. The van der Waals surface area contributed by atoms with Gasteiger partial charge in [0.25, 0.3) is 0 Å². The van der Waals surface area contributed by atoms with Crippen molar-refractivity contribution in [3.63, 3.8) is 0 Å². The molecule has 16 heavy (non-hydrogen) atoms. The highest BCUT2D eigenvalue weighted by Gasteiger charge is 2.25. The second-order valence-corrected chi connectivity index (χ2v) is 3.98. The van der Waals surface area contributed by atoms with Gasteiger partial charge in [-0.3, -0.25) is 0 Å². The quantitative estimate of drug-likeness (QED) is 0.424. The van der Waals surface area contributed by atoms with Crippen LogP contribution in [-0.4, -0.2) is 0 Å². The number of hydrogen-bond donors (Lipinski definition) is 0. The van der Waals surface area contributed by atoms with Crippen LogP contribution in [0.3, 0.4) is 0 Å². The van der Waals surface area contributed by atoms with Gasteiger partial charge in [0.15, 0.2) is 23.3 Å². The zero-order valence-corrected chi connectivity index (χ0v) is 8.88. The van der Waals surface area contributed by atoms with E-state index in [1.807, 2.05) is 0 Å². The molecule has 0 radical (unpaired) electrons. The van der Waals surface area contributed by atoms with Crippen LogP contribution in [0.5, 0.6) is 0 Å². The Labute approximate surface area is 90.1 Å². The van der Waals surface area contributed by atoms with Crippen LogP contribution in [0.15, 0.2) is 0 Å². The Balaban J connectivity index is 3.18. The van der Waals surface area contributed by atoms with Crippen molar-refractivity contribution in [2.45, 2.75) is 26.7 Å². The maximum atomic E-state index is 13.1. The van der Waals surface area contributed by atoms with Gasteiger partial charge in [0, 0.05) is 5.56 Å². The van der Waals surface area contributed by atoms with Gasteiger partial charge in [-0.05, 0) is 18.8 Å². The van der Waals surface area contributed by atoms with Gasteiger partial charge in [-0.2, -0.15) is 0 Å². The smallest absolute Gasteiger partial charge is 0.200 e. The van der Waals surface area contributed by atoms with E-state index < -0.39 is 34.6 Å². The number of hydrogen-bond acceptors (Lipinski definition) is 0. The van der Waals surface area contributed by atoms with Gasteiger partial charge in [0.05, 0.1) is 0 Å². The van der Waals surface area contributed by atoms with Gasteiger partial charge in [0.2, 0.25) is 5.82 Å². The van der Waals surface area contributed by atoms with Crippen molar-refractivity contribution in [3.8, 4) is 0 Å². The fourth-order valence-corrected chi connectivity index (χ4v) is 1.30. The van der Waals surface area contributed by atoms with Crippen molar-refractivity contribution in [3.05, 3.63) is 34.6 Å². The molecule has 90 valence electrons. The van der Waals surface area contributed by atoms with Crippen LogP contribution in [0.4, 0.5) is 22.0 Å². The minimum Gasteiger partial charge on any atom is -0.203 e. The molecule has 0 bridgehead atoms. The minimum absolute atomic E-state index is 0.120. The second kappa shape index (κ2) is 4.80. The molecule has 0 fully saturated rings. The summed E-state index contributed by atoms with van der Waals surface area (Å²) in [6.07, 6.45) is 0.196. The lowest BCUT2D eigenvalue weighted by Crippen LogP contribution is -2.08. The van der Waals surface area contributed by atoms with Crippen molar-refractivity contribution in [1.82, 2.24) is 0 Å². The van der Waals surface area contributed by atoms with Crippen LogP contribution in [0.2, 0.25) is 0 Å². The van der Waals surface area contributed by atoms with E-state index in [0.29, 0.717) is 6.42 Å². The summed E-state index contributed by atoms with van der Waals surface area (Å²) in [6.45, 7) is 3.60. The molecule has 5 heteroatoms. The molecule has 0 N–H and O–H groups in total. The predicted octanol–water partition coefficient (Wildman–Crippen LogP) is 3.97. The van der Waals surface area contributed by atoms with E-state index in [4.69, 9.17) is 0 Å². The van der Waals surface area contributed by atoms with Gasteiger partial charge in [-0.15, -0.1) is 0 Å². The number of benzene rings is 1. The Morgan fingerprint density at radius 2 is 1.12 bits per heavy atom. The first-order valence-electron chi connectivity index (χ1n) is 4.86. The Kier molecular flexibility index (Phi) is 3.88. The van der Waals surface area contributed by atoms with Crippen LogP contribution in [-0.2, 0) is 6.42 Å². The van der Waals surface area contributed by atoms with Crippen molar-refractivity contribution in [2.24, 2.45) is 5.92 Å². The van der Waals surface area contributed by atoms with E-state index >= 15 is 0 Å². The molecule has 0 heterocycles. The molecule has 0 saturated carbocycles.